The number of hydrogen-bond acceptors (Lipinski definition) is 3. The predicted octanol–water partition coefficient (Wildman–Crippen LogP) is 4.32. The van der Waals surface area contributed by atoms with E-state index < -0.39 is 0 Å². The molecule has 0 unspecified atom stereocenters. The number of benzene rings is 2. The van der Waals surface area contributed by atoms with Crippen LogP contribution in [0.1, 0.15) is 17.1 Å². The molecule has 0 amide bonds. The van der Waals surface area contributed by atoms with Gasteiger partial charge in [0.25, 0.3) is 0 Å². The summed E-state index contributed by atoms with van der Waals surface area (Å²) >= 11 is 2.33. The Morgan fingerprint density at radius 1 is 1.07 bits per heavy atom. The van der Waals surface area contributed by atoms with E-state index in [1.54, 1.807) is 4.68 Å². The molecule has 6 nitrogen and oxygen atoms in total. The molecule has 3 aromatic heterocycles. The zero-order valence-electron chi connectivity index (χ0n) is 14.6. The summed E-state index contributed by atoms with van der Waals surface area (Å²) in [6.07, 6.45) is 2.55. The lowest BCUT2D eigenvalue weighted by molar-refractivity contribution is 0.892. The van der Waals surface area contributed by atoms with E-state index >= 15 is 0 Å². The minimum atomic E-state index is 0.652. The maximum atomic E-state index is 6.41. The Labute approximate surface area is 168 Å². The highest BCUT2D eigenvalue weighted by Gasteiger charge is 2.12. The van der Waals surface area contributed by atoms with Crippen molar-refractivity contribution in [3.05, 3.63) is 69.3 Å². The number of rotatable bonds is 3. The number of nitrogen functional groups attached to an aromatic ring is 1. The molecule has 0 bridgehead atoms. The fourth-order valence-electron chi connectivity index (χ4n) is 3.45. The van der Waals surface area contributed by atoms with E-state index in [-0.39, 0.29) is 0 Å². The number of H-pyrrole nitrogens is 2. The van der Waals surface area contributed by atoms with Gasteiger partial charge in [0.05, 0.1) is 22.9 Å². The van der Waals surface area contributed by atoms with Gasteiger partial charge in [-0.15, -0.1) is 0 Å². The largest absolute Gasteiger partial charge is 0.383 e. The number of hydrogen-bond donors (Lipinski definition) is 3. The number of nitrogens with one attached hydrogen (secondary N) is 2. The van der Waals surface area contributed by atoms with Crippen molar-refractivity contribution in [3.63, 3.8) is 0 Å². The van der Waals surface area contributed by atoms with Gasteiger partial charge in [0.1, 0.15) is 11.6 Å². The summed E-state index contributed by atoms with van der Waals surface area (Å²) in [6, 6.07) is 14.5. The molecule has 5 aromatic rings. The lowest BCUT2D eigenvalue weighted by Crippen LogP contribution is -2.03. The van der Waals surface area contributed by atoms with Crippen molar-refractivity contribution in [2.75, 3.05) is 5.73 Å². The minimum absolute atomic E-state index is 0.652. The Bertz CT molecular complexity index is 1290. The fourth-order valence-corrected chi connectivity index (χ4v) is 3.97. The summed E-state index contributed by atoms with van der Waals surface area (Å²) in [5, 5.41) is 5.72. The number of nitrogens with two attached hydrogens (primary N) is 1. The average Bonchev–Trinajstić information content (AvgIpc) is 3.30. The maximum Gasteiger partial charge on any atom is 0.130 e. The van der Waals surface area contributed by atoms with Crippen LogP contribution in [0.5, 0.6) is 0 Å². The van der Waals surface area contributed by atoms with Crippen molar-refractivity contribution in [2.45, 2.75) is 13.3 Å². The molecule has 7 heteroatoms. The van der Waals surface area contributed by atoms with E-state index in [1.807, 2.05) is 31.3 Å². The molecule has 5 rings (SSSR count). The van der Waals surface area contributed by atoms with Crippen LogP contribution in [0.15, 0.2) is 48.7 Å². The van der Waals surface area contributed by atoms with E-state index in [2.05, 4.69) is 66.9 Å². The van der Waals surface area contributed by atoms with E-state index in [0.717, 1.165) is 39.3 Å². The first-order chi connectivity index (χ1) is 13.1. The van der Waals surface area contributed by atoms with Gasteiger partial charge < -0.3 is 15.7 Å². The van der Waals surface area contributed by atoms with Gasteiger partial charge >= 0.3 is 0 Å². The van der Waals surface area contributed by atoms with Gasteiger partial charge in [-0.2, -0.15) is 5.10 Å². The predicted molar refractivity (Wildman–Crippen MR) is 116 cm³/mol. The van der Waals surface area contributed by atoms with Gasteiger partial charge in [-0.1, -0.05) is 0 Å². The third-order valence-electron chi connectivity index (χ3n) is 4.73. The van der Waals surface area contributed by atoms with Gasteiger partial charge in [-0.05, 0) is 72.0 Å². The second-order valence-corrected chi connectivity index (χ2v) is 7.94. The highest BCUT2D eigenvalue weighted by atomic mass is 127. The smallest absolute Gasteiger partial charge is 0.130 e. The van der Waals surface area contributed by atoms with Crippen LogP contribution in [0.25, 0.3) is 27.6 Å². The molecule has 0 saturated heterocycles. The van der Waals surface area contributed by atoms with Crippen molar-refractivity contribution < 1.29 is 0 Å². The van der Waals surface area contributed by atoms with Crippen LogP contribution < -0.4 is 5.73 Å². The van der Waals surface area contributed by atoms with Crippen molar-refractivity contribution in [1.82, 2.24) is 24.7 Å². The Balaban J connectivity index is 1.49. The average molecular weight is 468 g/mol. The lowest BCUT2D eigenvalue weighted by Gasteiger charge is -2.05. The number of fused-ring (bicyclic) bond motifs is 2. The van der Waals surface area contributed by atoms with Crippen LogP contribution in [0.4, 0.5) is 5.82 Å². The van der Waals surface area contributed by atoms with Crippen LogP contribution in [0.2, 0.25) is 0 Å². The SMILES string of the molecule is Cc1nc2ccc(-n3ncc(Cc4cc5cc(I)ccc5[nH]4)c3N)cc2[nH]1. The lowest BCUT2D eigenvalue weighted by atomic mass is 10.1. The molecule has 3 heterocycles. The second-order valence-electron chi connectivity index (χ2n) is 6.69. The number of nitrogens with zero attached hydrogens (tertiary/aromatic N) is 3. The van der Waals surface area contributed by atoms with Gasteiger partial charge in [0.15, 0.2) is 0 Å². The second kappa shape index (κ2) is 6.12. The Morgan fingerprint density at radius 3 is 2.85 bits per heavy atom. The molecule has 0 aliphatic heterocycles. The van der Waals surface area contributed by atoms with Crippen LogP contribution in [-0.2, 0) is 6.42 Å². The first-order valence-electron chi connectivity index (χ1n) is 8.63. The first kappa shape index (κ1) is 16.4. The Morgan fingerprint density at radius 2 is 1.96 bits per heavy atom. The monoisotopic (exact) mass is 468 g/mol. The molecule has 4 N–H and O–H groups in total. The third kappa shape index (κ3) is 2.87. The summed E-state index contributed by atoms with van der Waals surface area (Å²) in [5.41, 5.74) is 12.5. The maximum absolute atomic E-state index is 6.41. The number of aromatic nitrogens is 5. The number of imidazole rings is 1. The standard InChI is InChI=1S/C20H17IN6/c1-11-24-18-5-3-16(9-19(18)25-11)27-20(22)13(10-23-27)8-15-7-12-6-14(21)2-4-17(12)26-15/h2-7,9-10,26H,8,22H2,1H3,(H,24,25). The molecule has 0 aliphatic carbocycles. The van der Waals surface area contributed by atoms with Gasteiger partial charge in [-0.25, -0.2) is 9.67 Å². The van der Waals surface area contributed by atoms with E-state index in [4.69, 9.17) is 5.73 Å². The topological polar surface area (TPSA) is 88.3 Å². The molecule has 0 fully saturated rings. The normalized spacial score (nSPS) is 11.6. The molecule has 0 atom stereocenters. The van der Waals surface area contributed by atoms with Crippen LogP contribution >= 0.6 is 22.6 Å². The van der Waals surface area contributed by atoms with Crippen molar-refractivity contribution >= 4 is 50.3 Å². The highest BCUT2D eigenvalue weighted by molar-refractivity contribution is 14.1. The van der Waals surface area contributed by atoms with Crippen LogP contribution in [0, 0.1) is 10.5 Å². The first-order valence-corrected chi connectivity index (χ1v) is 9.71. The fraction of sp³-hybridized carbons (Fsp3) is 0.100. The summed E-state index contributed by atoms with van der Waals surface area (Å²) in [4.78, 5) is 11.2. The molecule has 134 valence electrons. The van der Waals surface area contributed by atoms with Crippen LogP contribution in [0.3, 0.4) is 0 Å². The van der Waals surface area contributed by atoms with Crippen molar-refractivity contribution in [3.8, 4) is 5.69 Å². The van der Waals surface area contributed by atoms with E-state index in [9.17, 15) is 0 Å². The van der Waals surface area contributed by atoms with Crippen molar-refractivity contribution in [2.24, 2.45) is 0 Å². The van der Waals surface area contributed by atoms with E-state index in [0.29, 0.717) is 12.2 Å². The zero-order chi connectivity index (χ0) is 18.5. The number of aryl methyl sites for hydroxylation is 1. The summed E-state index contributed by atoms with van der Waals surface area (Å²) in [6.45, 7) is 1.95. The van der Waals surface area contributed by atoms with E-state index in [1.165, 1.54) is 8.96 Å². The summed E-state index contributed by atoms with van der Waals surface area (Å²) < 4.78 is 3.00. The number of anilines is 1. The zero-order valence-corrected chi connectivity index (χ0v) is 16.8. The molecule has 0 spiro atoms. The third-order valence-corrected chi connectivity index (χ3v) is 5.41. The molecule has 0 aliphatic rings. The highest BCUT2D eigenvalue weighted by Crippen LogP contribution is 2.24. The Hall–Kier alpha value is -2.81. The van der Waals surface area contributed by atoms with Crippen molar-refractivity contribution in [1.29, 1.82) is 0 Å². The summed E-state index contributed by atoms with van der Waals surface area (Å²) in [5.74, 6) is 1.54. The molecular formula is C20H17IN6. The van der Waals surface area contributed by atoms with Gasteiger partial charge in [0.2, 0.25) is 0 Å². The number of halogens is 1. The summed E-state index contributed by atoms with van der Waals surface area (Å²) in [7, 11) is 0. The minimum Gasteiger partial charge on any atom is -0.383 e. The Kier molecular flexibility index (Phi) is 3.71. The van der Waals surface area contributed by atoms with Gasteiger partial charge in [0, 0.05) is 32.2 Å². The molecule has 0 saturated carbocycles. The molecular weight excluding hydrogens is 451 g/mol. The quantitative estimate of drug-likeness (QED) is 0.345. The molecule has 0 radical (unpaired) electrons. The van der Waals surface area contributed by atoms with Gasteiger partial charge in [-0.3, -0.25) is 0 Å². The number of aromatic amines is 2. The molecule has 2 aromatic carbocycles. The molecule has 27 heavy (non-hydrogen) atoms. The van der Waals surface area contributed by atoms with Crippen LogP contribution in [-0.4, -0.2) is 24.7 Å².